The van der Waals surface area contributed by atoms with Gasteiger partial charge in [-0.05, 0) is 30.5 Å². The Labute approximate surface area is 122 Å². The summed E-state index contributed by atoms with van der Waals surface area (Å²) in [6, 6.07) is 20.0. The van der Waals surface area contributed by atoms with E-state index < -0.39 is 5.60 Å². The first-order chi connectivity index (χ1) is 9.32. The van der Waals surface area contributed by atoms with Gasteiger partial charge in [-0.1, -0.05) is 60.7 Å². The molecule has 0 bridgehead atoms. The van der Waals surface area contributed by atoms with Crippen molar-refractivity contribution in [3.8, 4) is 0 Å². The maximum absolute atomic E-state index is 11.4. The average molecular weight is 264 g/mol. The largest absolute Gasteiger partial charge is 0.379 e. The highest BCUT2D eigenvalue weighted by molar-refractivity contribution is 5.75. The minimum Gasteiger partial charge on any atom is -0.379 e. The maximum atomic E-state index is 11.4. The van der Waals surface area contributed by atoms with Gasteiger partial charge >= 0.3 is 0 Å². The van der Waals surface area contributed by atoms with Crippen LogP contribution in [0.25, 0.3) is 0 Å². The molecule has 2 aromatic carbocycles. The van der Waals surface area contributed by atoms with E-state index in [4.69, 9.17) is 0 Å². The number of nitrogens with one attached hydrogen (secondary N) is 1. The van der Waals surface area contributed by atoms with Crippen molar-refractivity contribution < 1.29 is 5.11 Å². The molecule has 1 atom stereocenters. The summed E-state index contributed by atoms with van der Waals surface area (Å²) in [5.74, 6) is 0. The molecule has 0 aliphatic carbocycles. The van der Waals surface area contributed by atoms with Crippen LogP contribution in [0.3, 0.4) is 0 Å². The fraction of sp³-hybridized carbons (Fsp3) is 0.294. The third-order valence-corrected chi connectivity index (χ3v) is 3.99. The van der Waals surface area contributed by atoms with Gasteiger partial charge in [0.15, 0.2) is 0 Å². The number of rotatable bonds is 3. The van der Waals surface area contributed by atoms with Crippen molar-refractivity contribution in [2.45, 2.75) is 24.5 Å². The molecule has 1 saturated heterocycles. The van der Waals surface area contributed by atoms with Crippen LogP contribution in [0, 0.1) is 0 Å². The number of hydrogen-bond donors (Lipinski definition) is 2. The normalized spacial score (nSPS) is 18.6. The van der Waals surface area contributed by atoms with Gasteiger partial charge in [0.05, 0.1) is 0 Å². The molecular weight excluding hydrogens is 245 g/mol. The molecule has 3 rings (SSSR count). The van der Waals surface area contributed by atoms with E-state index in [1.54, 1.807) is 0 Å². The Morgan fingerprint density at radius 3 is 1.80 bits per heavy atom. The minimum absolute atomic E-state index is 0. The molecule has 0 spiro atoms. The summed E-state index contributed by atoms with van der Waals surface area (Å²) in [5, 5.41) is 14.8. The summed E-state index contributed by atoms with van der Waals surface area (Å²) in [4.78, 5) is 0. The molecule has 0 aromatic heterocycles. The van der Waals surface area contributed by atoms with Gasteiger partial charge in [-0.15, -0.1) is 0 Å². The Bertz CT molecular complexity index is 484. The lowest BCUT2D eigenvalue weighted by molar-refractivity contribution is 0.0442. The van der Waals surface area contributed by atoms with E-state index in [-0.39, 0.29) is 14.5 Å². The maximum Gasteiger partial charge on any atom is 0.130 e. The van der Waals surface area contributed by atoms with E-state index >= 15 is 0 Å². The minimum atomic E-state index is -0.945. The third kappa shape index (κ3) is 2.51. The van der Waals surface area contributed by atoms with Crippen LogP contribution in [-0.2, 0) is 5.60 Å². The highest BCUT2D eigenvalue weighted by Gasteiger charge is 2.41. The number of aliphatic hydroxyl groups is 1. The second-order valence-electron chi connectivity index (χ2n) is 5.15. The van der Waals surface area contributed by atoms with Crippen molar-refractivity contribution in [1.82, 2.24) is 5.32 Å². The van der Waals surface area contributed by atoms with Crippen LogP contribution in [0.1, 0.15) is 24.0 Å². The summed E-state index contributed by atoms with van der Waals surface area (Å²) in [6.45, 7) is 0.979. The van der Waals surface area contributed by atoms with E-state index in [2.05, 4.69) is 5.32 Å². The van der Waals surface area contributed by atoms with Crippen LogP contribution < -0.4 is 5.32 Å². The summed E-state index contributed by atoms with van der Waals surface area (Å²) in [6.07, 6.45) is 2.12. The fourth-order valence-electron chi connectivity index (χ4n) is 2.99. The van der Waals surface area contributed by atoms with E-state index in [0.29, 0.717) is 0 Å². The number of benzene rings is 2. The van der Waals surface area contributed by atoms with Gasteiger partial charge in [-0.2, -0.15) is 0 Å². The van der Waals surface area contributed by atoms with Crippen LogP contribution in [-0.4, -0.2) is 26.1 Å². The topological polar surface area (TPSA) is 32.3 Å². The van der Waals surface area contributed by atoms with Gasteiger partial charge in [0, 0.05) is 14.5 Å². The van der Waals surface area contributed by atoms with E-state index in [0.717, 1.165) is 30.5 Å². The summed E-state index contributed by atoms with van der Waals surface area (Å²) in [5.41, 5.74) is 0.972. The predicted octanol–water partition coefficient (Wildman–Crippen LogP) is 2.29. The van der Waals surface area contributed by atoms with Gasteiger partial charge in [0.25, 0.3) is 0 Å². The molecule has 2 aromatic rings. The fourth-order valence-corrected chi connectivity index (χ4v) is 2.99. The van der Waals surface area contributed by atoms with Crippen molar-refractivity contribution in [2.24, 2.45) is 0 Å². The summed E-state index contributed by atoms with van der Waals surface area (Å²) in [7, 11) is 0. The lowest BCUT2D eigenvalue weighted by Gasteiger charge is -2.35. The zero-order valence-electron chi connectivity index (χ0n) is 11.5. The smallest absolute Gasteiger partial charge is 0.130 e. The first-order valence-electron chi connectivity index (χ1n) is 6.88. The van der Waals surface area contributed by atoms with Gasteiger partial charge in [-0.25, -0.2) is 0 Å². The van der Waals surface area contributed by atoms with E-state index in [1.165, 1.54) is 0 Å². The zero-order valence-corrected chi connectivity index (χ0v) is 11.5. The molecule has 3 heteroatoms. The van der Waals surface area contributed by atoms with Gasteiger partial charge in [0.2, 0.25) is 0 Å². The first kappa shape index (κ1) is 14.8. The highest BCUT2D eigenvalue weighted by Crippen LogP contribution is 2.36. The Hall–Kier alpha value is -1.58. The van der Waals surface area contributed by atoms with E-state index in [1.807, 2.05) is 60.7 Å². The van der Waals surface area contributed by atoms with Gasteiger partial charge < -0.3 is 10.4 Å². The SMILES string of the molecule is OC(c1ccccc1)(c1ccccc1)C1CCCN1.[B]. The van der Waals surface area contributed by atoms with Crippen molar-refractivity contribution >= 4 is 8.41 Å². The molecule has 0 saturated carbocycles. The lowest BCUT2D eigenvalue weighted by Crippen LogP contribution is -2.46. The molecule has 1 aliphatic rings. The molecule has 2 nitrogen and oxygen atoms in total. The van der Waals surface area contributed by atoms with Crippen LogP contribution in [0.15, 0.2) is 60.7 Å². The van der Waals surface area contributed by atoms with Crippen LogP contribution in [0.4, 0.5) is 0 Å². The standard InChI is InChI=1S/C17H19NO.B/c19-17(16-12-7-13-18-16,14-8-3-1-4-9-14)15-10-5-2-6-11-15;/h1-6,8-11,16,18-19H,7,12-13H2;. The molecule has 1 fully saturated rings. The summed E-state index contributed by atoms with van der Waals surface area (Å²) < 4.78 is 0. The zero-order chi connectivity index (χ0) is 13.1. The third-order valence-electron chi connectivity index (χ3n) is 3.99. The predicted molar refractivity (Wildman–Crippen MR) is 82.7 cm³/mol. The number of hydrogen-bond acceptors (Lipinski definition) is 2. The van der Waals surface area contributed by atoms with Crippen LogP contribution >= 0.6 is 0 Å². The van der Waals surface area contributed by atoms with Crippen molar-refractivity contribution in [3.05, 3.63) is 71.8 Å². The van der Waals surface area contributed by atoms with Crippen LogP contribution in [0.5, 0.6) is 0 Å². The highest BCUT2D eigenvalue weighted by atomic mass is 16.3. The molecule has 0 amide bonds. The Kier molecular flexibility index (Phi) is 4.63. The average Bonchev–Trinajstić information content (AvgIpc) is 3.03. The Balaban J connectivity index is 0.00000147. The van der Waals surface area contributed by atoms with Gasteiger partial charge in [-0.3, -0.25) is 0 Å². The molecule has 3 radical (unpaired) electrons. The molecular formula is C17H19BNO. The van der Waals surface area contributed by atoms with E-state index in [9.17, 15) is 5.11 Å². The molecule has 1 heterocycles. The van der Waals surface area contributed by atoms with Gasteiger partial charge in [0.1, 0.15) is 5.60 Å². The van der Waals surface area contributed by atoms with Crippen molar-refractivity contribution in [2.75, 3.05) is 6.54 Å². The second kappa shape index (κ2) is 6.25. The van der Waals surface area contributed by atoms with Crippen LogP contribution in [0.2, 0.25) is 0 Å². The Morgan fingerprint density at radius 2 is 1.40 bits per heavy atom. The lowest BCUT2D eigenvalue weighted by atomic mass is 9.79. The molecule has 20 heavy (non-hydrogen) atoms. The van der Waals surface area contributed by atoms with Crippen molar-refractivity contribution in [3.63, 3.8) is 0 Å². The van der Waals surface area contributed by atoms with Crippen molar-refractivity contribution in [1.29, 1.82) is 0 Å². The second-order valence-corrected chi connectivity index (χ2v) is 5.15. The molecule has 1 unspecified atom stereocenters. The monoisotopic (exact) mass is 264 g/mol. The summed E-state index contributed by atoms with van der Waals surface area (Å²) >= 11 is 0. The first-order valence-corrected chi connectivity index (χ1v) is 6.88. The molecule has 1 aliphatic heterocycles. The molecule has 101 valence electrons. The Morgan fingerprint density at radius 1 is 0.900 bits per heavy atom. The molecule has 2 N–H and O–H groups in total. The quantitative estimate of drug-likeness (QED) is 0.834.